The van der Waals surface area contributed by atoms with Crippen molar-refractivity contribution in [3.05, 3.63) is 37.5 Å². The van der Waals surface area contributed by atoms with Crippen LogP contribution in [-0.4, -0.2) is 92.7 Å². The second-order valence-corrected chi connectivity index (χ2v) is 11.3. The van der Waals surface area contributed by atoms with Gasteiger partial charge >= 0.3 is 6.16 Å². The molecule has 0 aliphatic rings. The number of phenols is 4. The zero-order chi connectivity index (χ0) is 36.2. The van der Waals surface area contributed by atoms with Crippen molar-refractivity contribution in [2.24, 2.45) is 0 Å². The predicted molar refractivity (Wildman–Crippen MR) is 155 cm³/mol. The molecule has 48 heavy (non-hydrogen) atoms. The Bertz CT molecular complexity index is 2210. The highest BCUT2D eigenvalue weighted by Gasteiger charge is 2.35. The number of methoxy groups -OCH3 is 1. The zero-order valence-corrected chi connectivity index (χ0v) is 25.4. The number of hydrogen-bond donors (Lipinski definition) is 13. The molecule has 23 heteroatoms. The highest BCUT2D eigenvalue weighted by molar-refractivity contribution is 7.92. The molecule has 3 heterocycles. The molecule has 0 aliphatic carbocycles. The molecular formula is C25H25N5O17S. The summed E-state index contributed by atoms with van der Waals surface area (Å²) in [5.74, 6) is -15.9. The summed E-state index contributed by atoms with van der Waals surface area (Å²) in [6, 6.07) is 0. The molecular weight excluding hydrogens is 674 g/mol. The van der Waals surface area contributed by atoms with Crippen LogP contribution in [0.15, 0.2) is 14.6 Å². The van der Waals surface area contributed by atoms with Crippen molar-refractivity contribution in [1.29, 1.82) is 0 Å². The Morgan fingerprint density at radius 2 is 1.29 bits per heavy atom. The van der Waals surface area contributed by atoms with Gasteiger partial charge in [0.1, 0.15) is 0 Å². The average Bonchev–Trinajstić information content (AvgIpc) is 2.99. The minimum absolute atomic E-state index is 0.0434. The molecule has 13 N–H and O–H groups in total. The van der Waals surface area contributed by atoms with Gasteiger partial charge in [0.2, 0.25) is 45.3 Å². The Labute approximate surface area is 265 Å². The number of aryl methyl sites for hydroxylation is 1. The summed E-state index contributed by atoms with van der Waals surface area (Å²) in [4.78, 5) is 36.4. The van der Waals surface area contributed by atoms with E-state index in [9.17, 15) is 69.1 Å². The van der Waals surface area contributed by atoms with E-state index in [4.69, 9.17) is 9.47 Å². The van der Waals surface area contributed by atoms with Crippen molar-refractivity contribution in [3.8, 4) is 74.8 Å². The average molecular weight is 700 g/mol. The smallest absolute Gasteiger partial charge is 0.454 e. The summed E-state index contributed by atoms with van der Waals surface area (Å²) in [5, 5.41) is 99.5. The second-order valence-electron chi connectivity index (χ2n) is 9.70. The molecule has 3 aromatic heterocycles. The number of hydrogen-bond acceptors (Lipinski definition) is 19. The van der Waals surface area contributed by atoms with Crippen LogP contribution in [0, 0.1) is 20.8 Å². The van der Waals surface area contributed by atoms with Crippen LogP contribution in [0.2, 0.25) is 0 Å². The van der Waals surface area contributed by atoms with E-state index in [1.54, 1.807) is 9.71 Å². The zero-order valence-electron chi connectivity index (χ0n) is 24.6. The van der Waals surface area contributed by atoms with Crippen LogP contribution in [0.5, 0.6) is 63.4 Å². The number of aromatic amines is 2. The Kier molecular flexibility index (Phi) is 8.59. The number of H-pyrrole nitrogens is 2. The summed E-state index contributed by atoms with van der Waals surface area (Å²) in [7, 11) is -4.49. The SMILES string of the molecule is COc1c(O)c(O)c(O)c(O)c1Oc1c(NS(=O)(=O)c2[nH]c(=O)c(C)c(O)c2O)nc(-c2c(C)c(C)[nH]c(=O)c2O)nc1OC(O)(O)O. The minimum atomic E-state index is -5.36. The highest BCUT2D eigenvalue weighted by Crippen LogP contribution is 2.58. The molecule has 0 fully saturated rings. The number of pyridine rings is 2. The molecule has 0 saturated heterocycles. The first-order valence-corrected chi connectivity index (χ1v) is 14.2. The van der Waals surface area contributed by atoms with Crippen LogP contribution in [0.3, 0.4) is 0 Å². The third-order valence-corrected chi connectivity index (χ3v) is 7.86. The molecule has 22 nitrogen and oxygen atoms in total. The van der Waals surface area contributed by atoms with E-state index in [0.717, 1.165) is 14.0 Å². The predicted octanol–water partition coefficient (Wildman–Crippen LogP) is -1.05. The number of nitrogens with one attached hydrogen (secondary N) is 3. The Morgan fingerprint density at radius 1 is 0.708 bits per heavy atom. The van der Waals surface area contributed by atoms with Crippen molar-refractivity contribution in [2.75, 3.05) is 11.8 Å². The van der Waals surface area contributed by atoms with Gasteiger partial charge in [0.05, 0.1) is 18.2 Å². The van der Waals surface area contributed by atoms with E-state index in [2.05, 4.69) is 19.7 Å². The fourth-order valence-electron chi connectivity index (χ4n) is 4.04. The molecule has 0 amide bonds. The molecule has 0 atom stereocenters. The number of phenolic OH excluding ortho intramolecular Hbond substituents is 4. The van der Waals surface area contributed by atoms with E-state index in [1.807, 2.05) is 0 Å². The first kappa shape index (κ1) is 34.7. The van der Waals surface area contributed by atoms with E-state index in [-0.39, 0.29) is 11.3 Å². The van der Waals surface area contributed by atoms with E-state index < -0.39 is 118 Å². The summed E-state index contributed by atoms with van der Waals surface area (Å²) >= 11 is 0. The molecule has 0 aliphatic heterocycles. The second kappa shape index (κ2) is 11.9. The molecule has 1 aromatic carbocycles. The standard InChI is InChI=1S/C25H25N5O17S/c1-5-7(3)26-22(39)10(32)8(5)19-27-20(30-48(43,44)24-15(37)9(31)6(2)21(38)29-24)18(23(28-19)47-25(40,41)42)46-17-14(36)12(34)11(33)13(35)16(17)45-4/h32-37,40-42H,1-4H3,(H,26,39)(H,27,28,30)(H2,29,31,38). The van der Waals surface area contributed by atoms with Crippen molar-refractivity contribution < 1.29 is 73.7 Å². The maximum absolute atomic E-state index is 13.5. The van der Waals surface area contributed by atoms with Gasteiger partial charge in [-0.05, 0) is 26.3 Å². The topological polar surface area (TPSA) is 368 Å². The lowest BCUT2D eigenvalue weighted by atomic mass is 10.1. The van der Waals surface area contributed by atoms with Crippen molar-refractivity contribution >= 4 is 15.8 Å². The maximum Gasteiger partial charge on any atom is 0.454 e. The third kappa shape index (κ3) is 6.03. The maximum atomic E-state index is 13.5. The Hall–Kier alpha value is -6.17. The summed E-state index contributed by atoms with van der Waals surface area (Å²) in [6.45, 7) is 3.74. The van der Waals surface area contributed by atoms with E-state index >= 15 is 0 Å². The van der Waals surface area contributed by atoms with Crippen molar-refractivity contribution in [2.45, 2.75) is 32.0 Å². The first-order chi connectivity index (χ1) is 22.1. The van der Waals surface area contributed by atoms with Crippen LogP contribution in [0.25, 0.3) is 11.4 Å². The number of sulfonamides is 1. The molecule has 0 spiro atoms. The van der Waals surface area contributed by atoms with Gasteiger partial charge in [-0.1, -0.05) is 0 Å². The van der Waals surface area contributed by atoms with Gasteiger partial charge in [-0.3, -0.25) is 14.3 Å². The van der Waals surface area contributed by atoms with Crippen LogP contribution in [-0.2, 0) is 10.0 Å². The van der Waals surface area contributed by atoms with Crippen LogP contribution in [0.1, 0.15) is 16.8 Å². The van der Waals surface area contributed by atoms with Gasteiger partial charge in [0.25, 0.3) is 27.0 Å². The number of rotatable bonds is 9. The monoisotopic (exact) mass is 699 g/mol. The van der Waals surface area contributed by atoms with Gasteiger partial charge in [-0.2, -0.15) is 13.4 Å². The molecule has 4 rings (SSSR count). The lowest BCUT2D eigenvalue weighted by Crippen LogP contribution is -2.35. The molecule has 258 valence electrons. The number of ether oxygens (including phenoxy) is 3. The number of benzene rings is 1. The van der Waals surface area contributed by atoms with Gasteiger partial charge in [-0.15, -0.1) is 0 Å². The first-order valence-electron chi connectivity index (χ1n) is 12.7. The largest absolute Gasteiger partial charge is 0.504 e. The van der Waals surface area contributed by atoms with Crippen LogP contribution < -0.4 is 30.1 Å². The summed E-state index contributed by atoms with van der Waals surface area (Å²) in [6.07, 6.45) is -4.17. The van der Waals surface area contributed by atoms with Crippen molar-refractivity contribution in [3.63, 3.8) is 0 Å². The van der Waals surface area contributed by atoms with Gasteiger partial charge < -0.3 is 75.2 Å². The summed E-state index contributed by atoms with van der Waals surface area (Å²) in [5.41, 5.74) is -3.16. The molecule has 4 aromatic rings. The number of aromatic hydroxyl groups is 7. The lowest BCUT2D eigenvalue weighted by molar-refractivity contribution is -0.420. The fraction of sp³-hybridized carbons (Fsp3) is 0.200. The third-order valence-electron chi connectivity index (χ3n) is 6.56. The van der Waals surface area contributed by atoms with Gasteiger partial charge in [0, 0.05) is 5.69 Å². The van der Waals surface area contributed by atoms with Crippen LogP contribution >= 0.6 is 0 Å². The normalized spacial score (nSPS) is 11.7. The van der Waals surface area contributed by atoms with Crippen molar-refractivity contribution in [1.82, 2.24) is 19.9 Å². The number of aliphatic hydroxyl groups is 3. The Balaban J connectivity index is 2.15. The number of aromatic nitrogens is 4. The molecule has 0 saturated carbocycles. The number of anilines is 1. The summed E-state index contributed by atoms with van der Waals surface area (Å²) < 4.78 is 43.6. The van der Waals surface area contributed by atoms with E-state index in [0.29, 0.717) is 0 Å². The van der Waals surface area contributed by atoms with Gasteiger partial charge in [-0.25, -0.2) is 4.98 Å². The van der Waals surface area contributed by atoms with Crippen LogP contribution in [0.4, 0.5) is 5.82 Å². The molecule has 0 unspecified atom stereocenters. The van der Waals surface area contributed by atoms with E-state index in [1.165, 1.54) is 13.8 Å². The highest BCUT2D eigenvalue weighted by atomic mass is 32.2. The number of nitrogens with zero attached hydrogens (tertiary/aromatic N) is 2. The molecule has 0 bridgehead atoms. The molecule has 0 radical (unpaired) electrons. The lowest BCUT2D eigenvalue weighted by Gasteiger charge is -2.22. The quantitative estimate of drug-likeness (QED) is 0.0563. The Morgan fingerprint density at radius 3 is 1.85 bits per heavy atom. The minimum Gasteiger partial charge on any atom is -0.504 e. The fourth-order valence-corrected chi connectivity index (χ4v) is 5.11. The van der Waals surface area contributed by atoms with Gasteiger partial charge in [0.15, 0.2) is 28.9 Å².